The van der Waals surface area contributed by atoms with E-state index in [-0.39, 0.29) is 49.2 Å². The minimum Gasteiger partial charge on any atom is -0.394 e. The van der Waals surface area contributed by atoms with Crippen LogP contribution in [-0.2, 0) is 43.9 Å². The Kier molecular flexibility index (Phi) is 14.0. The molecular formula is C34H49N11O13P2S. The molecule has 6 heterocycles. The monoisotopic (exact) mass is 913 g/mol. The molecule has 0 spiro atoms. The summed E-state index contributed by atoms with van der Waals surface area (Å²) in [7, 11) is -4.23. The maximum atomic E-state index is 14.6. The smallest absolute Gasteiger partial charge is 0.394 e. The van der Waals surface area contributed by atoms with E-state index in [9.17, 15) is 34.1 Å². The number of rotatable bonds is 18. The van der Waals surface area contributed by atoms with E-state index in [1.807, 2.05) is 11.5 Å². The largest absolute Gasteiger partial charge is 0.405 e. The van der Waals surface area contributed by atoms with E-state index in [2.05, 4.69) is 30.0 Å². The van der Waals surface area contributed by atoms with Crippen molar-refractivity contribution in [3.8, 4) is 0 Å². The summed E-state index contributed by atoms with van der Waals surface area (Å²) in [4.78, 5) is 67.4. The van der Waals surface area contributed by atoms with Gasteiger partial charge in [-0.1, -0.05) is 13.3 Å². The minimum absolute atomic E-state index is 0.00739. The quantitative estimate of drug-likeness (QED) is 0.0528. The molecule has 3 fully saturated rings. The number of aromatic amines is 1. The zero-order valence-corrected chi connectivity index (χ0v) is 35.8. The highest BCUT2D eigenvalue weighted by Crippen LogP contribution is 2.52. The Balaban J connectivity index is 1.07. The van der Waals surface area contributed by atoms with Crippen LogP contribution in [0.3, 0.4) is 0 Å². The Morgan fingerprint density at radius 1 is 1.00 bits per heavy atom. The highest BCUT2D eigenvalue weighted by Gasteiger charge is 2.46. The van der Waals surface area contributed by atoms with Crippen LogP contribution in [0.1, 0.15) is 69.5 Å². The van der Waals surface area contributed by atoms with Crippen LogP contribution in [0.4, 0.5) is 11.6 Å². The van der Waals surface area contributed by atoms with Gasteiger partial charge in [-0.25, -0.2) is 34.2 Å². The first kappa shape index (κ1) is 45.2. The molecule has 9 N–H and O–H groups in total. The second kappa shape index (κ2) is 18.9. The number of nitrogen functional groups attached to an aromatic ring is 2. The molecule has 0 radical (unpaired) electrons. The van der Waals surface area contributed by atoms with E-state index < -0.39 is 93.5 Å². The third kappa shape index (κ3) is 10.4. The van der Waals surface area contributed by atoms with Gasteiger partial charge in [0.2, 0.25) is 0 Å². The number of fused-ring (bicyclic) bond motifs is 1. The number of aliphatic hydroxyl groups is 2. The van der Waals surface area contributed by atoms with Crippen LogP contribution >= 0.6 is 14.5 Å². The summed E-state index contributed by atoms with van der Waals surface area (Å²) >= 11 is 5.36. The van der Waals surface area contributed by atoms with Crippen molar-refractivity contribution in [1.29, 1.82) is 0 Å². The number of nitrogens with one attached hydrogen (secondary N) is 2. The molecule has 0 aromatic carbocycles. The van der Waals surface area contributed by atoms with Crippen molar-refractivity contribution in [3.05, 3.63) is 68.0 Å². The predicted molar refractivity (Wildman–Crippen MR) is 219 cm³/mol. The Bertz CT molecular complexity index is 2470. The number of aliphatic hydroxyl groups excluding tert-OH is 2. The summed E-state index contributed by atoms with van der Waals surface area (Å²) in [6.45, 7) is -1.70. The van der Waals surface area contributed by atoms with E-state index >= 15 is 0 Å². The van der Waals surface area contributed by atoms with Crippen LogP contribution in [-0.4, -0.2) is 111 Å². The number of aryl methyl sites for hydroxylation is 1. The van der Waals surface area contributed by atoms with Crippen LogP contribution in [0, 0.1) is 12.8 Å². The number of H-pyrrole nitrogens is 1. The number of ether oxygens (including phenoxy) is 2. The first-order valence-corrected chi connectivity index (χ1v) is 23.7. The lowest BCUT2D eigenvalue weighted by Crippen LogP contribution is -2.33. The van der Waals surface area contributed by atoms with Crippen LogP contribution in [0.2, 0.25) is 0 Å². The van der Waals surface area contributed by atoms with Gasteiger partial charge in [-0.15, -0.1) is 0 Å². The number of aromatic nitrogens is 8. The number of imidazole rings is 1. The molecule has 11 unspecified atom stereocenters. The van der Waals surface area contributed by atoms with Crippen LogP contribution in [0.25, 0.3) is 11.2 Å². The fourth-order valence-electron chi connectivity index (χ4n) is 7.59. The summed E-state index contributed by atoms with van der Waals surface area (Å²) in [5.74, 6) is -0.241. The highest BCUT2D eigenvalue weighted by atomic mass is 32.5. The predicted octanol–water partition coefficient (Wildman–Crippen LogP) is 0.504. The molecule has 1 aliphatic carbocycles. The zero-order valence-electron chi connectivity index (χ0n) is 33.2. The van der Waals surface area contributed by atoms with Crippen molar-refractivity contribution < 1.29 is 47.2 Å². The molecule has 334 valence electrons. The number of nitrogens with two attached hydrogens (primary N) is 2. The van der Waals surface area contributed by atoms with Gasteiger partial charge < -0.3 is 49.7 Å². The Morgan fingerprint density at radius 3 is 2.48 bits per heavy atom. The fraction of sp³-hybridized carbons (Fsp3) is 0.618. The molecule has 27 heteroatoms. The van der Waals surface area contributed by atoms with Crippen LogP contribution in [0.15, 0.2) is 45.5 Å². The number of hydrogen-bond donors (Lipinski definition) is 7. The van der Waals surface area contributed by atoms with Gasteiger partial charge >= 0.3 is 25.8 Å². The lowest BCUT2D eigenvalue weighted by molar-refractivity contribution is -0.0524. The van der Waals surface area contributed by atoms with Crippen molar-refractivity contribution in [3.63, 3.8) is 0 Å². The number of anilines is 2. The number of unbranched alkanes of at least 4 members (excludes halogenated alkanes) is 1. The number of nitrogens with zero attached hydrogens (tertiary/aromatic N) is 7. The van der Waals surface area contributed by atoms with Gasteiger partial charge in [-0.2, -0.15) is 4.98 Å². The first-order valence-electron chi connectivity index (χ1n) is 19.6. The molecule has 0 amide bonds. The topological polar surface area (TPSA) is 331 Å². The molecule has 1 saturated carbocycles. The average molecular weight is 914 g/mol. The normalized spacial score (nSPS) is 28.6. The maximum Gasteiger partial charge on any atom is 0.405 e. The van der Waals surface area contributed by atoms with Crippen molar-refractivity contribution in [2.24, 2.45) is 5.92 Å². The SMILES string of the molecule is CCCCNP(=O)(OCC1CC(n2cnc3c(N)ncnc32)CC1O)OC1CC(n2cc(C)c(=O)[nH]c2=O)OC1COP(O)(=S)OC1CC(n2ccc(N)nc2=O)OC1CO. The van der Waals surface area contributed by atoms with E-state index in [1.54, 1.807) is 6.33 Å². The van der Waals surface area contributed by atoms with Gasteiger partial charge in [0.15, 0.2) is 11.5 Å². The molecule has 0 bridgehead atoms. The molecule has 3 aliphatic rings. The van der Waals surface area contributed by atoms with Crippen molar-refractivity contribution in [1.82, 2.24) is 43.7 Å². The summed E-state index contributed by atoms with van der Waals surface area (Å²) < 4.78 is 54.6. The summed E-state index contributed by atoms with van der Waals surface area (Å²) in [5.41, 5.74) is 10.7. The van der Waals surface area contributed by atoms with E-state index in [0.717, 1.165) is 15.6 Å². The van der Waals surface area contributed by atoms with E-state index in [1.165, 1.54) is 31.7 Å². The average Bonchev–Trinajstić information content (AvgIpc) is 4.00. The molecule has 4 aromatic heterocycles. The second-order valence-corrected chi connectivity index (χ2v) is 19.6. The number of hydrogen-bond acceptors (Lipinski definition) is 19. The third-order valence-corrected chi connectivity index (χ3v) is 14.0. The van der Waals surface area contributed by atoms with Crippen LogP contribution < -0.4 is 33.5 Å². The van der Waals surface area contributed by atoms with Gasteiger partial charge in [0, 0.05) is 49.3 Å². The fourth-order valence-corrected chi connectivity index (χ4v) is 10.7. The summed E-state index contributed by atoms with van der Waals surface area (Å²) in [5, 5.41) is 24.1. The molecule has 11 atom stereocenters. The lowest BCUT2D eigenvalue weighted by Gasteiger charge is -2.28. The Morgan fingerprint density at radius 2 is 1.74 bits per heavy atom. The lowest BCUT2D eigenvalue weighted by atomic mass is 10.1. The van der Waals surface area contributed by atoms with Gasteiger partial charge in [-0.3, -0.25) is 28.0 Å². The molecule has 2 saturated heterocycles. The zero-order chi connectivity index (χ0) is 43.6. The maximum absolute atomic E-state index is 14.6. The van der Waals surface area contributed by atoms with Gasteiger partial charge in [0.1, 0.15) is 48.4 Å². The molecular weight excluding hydrogens is 864 g/mol. The Labute approximate surface area is 352 Å². The third-order valence-electron chi connectivity index (χ3n) is 10.8. The summed E-state index contributed by atoms with van der Waals surface area (Å²) in [6, 6.07) is 1.17. The molecule has 24 nitrogen and oxygen atoms in total. The molecule has 2 aliphatic heterocycles. The highest BCUT2D eigenvalue weighted by molar-refractivity contribution is 8.07. The standard InChI is InChI=1S/C34H49N11O13P2S/c1-3-4-6-40-59(51,53-14-19-8-20(9-21(19)47)45-17-39-29-30(36)37-16-38-31(29)45)57-23-11-28(44-12-18(2)32(48)42-34(44)50)56-25(23)15-54-60(52,61)58-22-10-27(55-24(22)13-46)43-7-5-26(35)41-33(43)49/h5,7,12,16-17,19-25,27-28,46-47H,3-4,6,8-11,13-15H2,1-2H3,(H,40,51)(H,52,61)(H2,35,41,49)(H2,36,37,38)(H,42,48,50). The van der Waals surface area contributed by atoms with Gasteiger partial charge in [-0.05, 0) is 44.1 Å². The van der Waals surface area contributed by atoms with E-state index in [0.29, 0.717) is 30.4 Å². The first-order chi connectivity index (χ1) is 29.1. The van der Waals surface area contributed by atoms with E-state index in [4.69, 9.17) is 50.8 Å². The Hall–Kier alpha value is -3.81. The molecule has 7 rings (SSSR count). The minimum atomic E-state index is -4.23. The van der Waals surface area contributed by atoms with Crippen molar-refractivity contribution >= 4 is 49.1 Å². The summed E-state index contributed by atoms with van der Waals surface area (Å²) in [6.07, 6.45) is 0.455. The second-order valence-electron chi connectivity index (χ2n) is 15.1. The molecule has 61 heavy (non-hydrogen) atoms. The molecule has 4 aromatic rings. The van der Waals surface area contributed by atoms with Crippen LogP contribution in [0.5, 0.6) is 0 Å². The van der Waals surface area contributed by atoms with Crippen molar-refractivity contribution in [2.75, 3.05) is 37.8 Å². The van der Waals surface area contributed by atoms with Crippen molar-refractivity contribution in [2.45, 2.75) is 101 Å². The van der Waals surface area contributed by atoms with Gasteiger partial charge in [0.25, 0.3) is 5.56 Å². The van der Waals surface area contributed by atoms with Gasteiger partial charge in [0.05, 0.1) is 38.4 Å².